The molecule has 0 radical (unpaired) electrons. The summed E-state index contributed by atoms with van der Waals surface area (Å²) in [5, 5.41) is 10.5. The van der Waals surface area contributed by atoms with Gasteiger partial charge in [-0.1, -0.05) is 0 Å². The van der Waals surface area contributed by atoms with E-state index < -0.39 is 15.0 Å². The Balaban J connectivity index is 2.97. The molecule has 17 heavy (non-hydrogen) atoms. The number of hydrogen-bond acceptors (Lipinski definition) is 6. The van der Waals surface area contributed by atoms with Crippen LogP contribution in [-0.2, 0) is 20.9 Å². The Hall–Kier alpha value is -1.67. The highest BCUT2D eigenvalue weighted by atomic mass is 32.2. The van der Waals surface area contributed by atoms with Gasteiger partial charge in [0.05, 0.1) is 31.0 Å². The highest BCUT2D eigenvalue weighted by Crippen LogP contribution is 2.25. The van der Waals surface area contributed by atoms with E-state index in [1.807, 2.05) is 0 Å². The van der Waals surface area contributed by atoms with Crippen LogP contribution >= 0.6 is 0 Å². The van der Waals surface area contributed by atoms with Gasteiger partial charge in [0.25, 0.3) is 15.8 Å². The third-order valence-corrected chi connectivity index (χ3v) is 2.46. The van der Waals surface area contributed by atoms with E-state index in [9.17, 15) is 18.5 Å². The van der Waals surface area contributed by atoms with E-state index in [4.69, 9.17) is 4.74 Å². The Morgan fingerprint density at radius 1 is 1.41 bits per heavy atom. The fourth-order valence-electron chi connectivity index (χ4n) is 1.14. The number of benzene rings is 1. The maximum atomic E-state index is 10.8. The first kappa shape index (κ1) is 13.4. The maximum Gasteiger partial charge on any atom is 0.273 e. The van der Waals surface area contributed by atoms with Gasteiger partial charge < -0.3 is 4.74 Å². The Bertz CT molecular complexity index is 524. The van der Waals surface area contributed by atoms with Crippen molar-refractivity contribution in [2.75, 3.05) is 13.4 Å². The maximum absolute atomic E-state index is 10.8. The van der Waals surface area contributed by atoms with Gasteiger partial charge in [0, 0.05) is 11.6 Å². The largest absolute Gasteiger partial charge is 0.496 e. The lowest BCUT2D eigenvalue weighted by Crippen LogP contribution is -2.04. The van der Waals surface area contributed by atoms with Crippen LogP contribution in [0.15, 0.2) is 18.2 Å². The summed E-state index contributed by atoms with van der Waals surface area (Å²) < 4.78 is 31.1. The first-order valence-corrected chi connectivity index (χ1v) is 6.31. The molecule has 0 fully saturated rings. The van der Waals surface area contributed by atoms with Crippen LogP contribution in [0.5, 0.6) is 5.75 Å². The SMILES string of the molecule is COc1cc([N+](=O)[O-])ccc1COS(C)(=O)=O. The summed E-state index contributed by atoms with van der Waals surface area (Å²) >= 11 is 0. The van der Waals surface area contributed by atoms with Gasteiger partial charge in [-0.25, -0.2) is 0 Å². The Labute approximate surface area is 98.2 Å². The Morgan fingerprint density at radius 3 is 2.53 bits per heavy atom. The zero-order valence-electron chi connectivity index (χ0n) is 9.24. The number of nitro groups is 1. The summed E-state index contributed by atoms with van der Waals surface area (Å²) in [5.41, 5.74) is 0.286. The van der Waals surface area contributed by atoms with E-state index in [2.05, 4.69) is 4.18 Å². The topological polar surface area (TPSA) is 95.7 Å². The summed E-state index contributed by atoms with van der Waals surface area (Å²) in [5.74, 6) is 0.211. The molecule has 7 nitrogen and oxygen atoms in total. The van der Waals surface area contributed by atoms with Gasteiger partial charge in [-0.3, -0.25) is 14.3 Å². The first-order chi connectivity index (χ1) is 7.83. The molecule has 0 spiro atoms. The molecule has 0 atom stereocenters. The van der Waals surface area contributed by atoms with Gasteiger partial charge in [-0.05, 0) is 6.07 Å². The van der Waals surface area contributed by atoms with E-state index in [1.54, 1.807) is 0 Å². The fraction of sp³-hybridized carbons (Fsp3) is 0.333. The minimum absolute atomic E-state index is 0.134. The van der Waals surface area contributed by atoms with Crippen LogP contribution in [0.4, 0.5) is 5.69 Å². The monoisotopic (exact) mass is 261 g/mol. The standard InChI is InChI=1S/C9H11NO6S/c1-15-9-5-8(10(11)12)4-3-7(9)6-16-17(2,13)14/h3-5H,6H2,1-2H3. The molecule has 0 saturated heterocycles. The smallest absolute Gasteiger partial charge is 0.273 e. The van der Waals surface area contributed by atoms with E-state index in [0.29, 0.717) is 5.56 Å². The van der Waals surface area contributed by atoms with E-state index in [-0.39, 0.29) is 18.0 Å². The van der Waals surface area contributed by atoms with Crippen LogP contribution in [-0.4, -0.2) is 26.7 Å². The zero-order valence-corrected chi connectivity index (χ0v) is 10.1. The molecular formula is C9H11NO6S. The quantitative estimate of drug-likeness (QED) is 0.447. The van der Waals surface area contributed by atoms with Crippen molar-refractivity contribution in [2.24, 2.45) is 0 Å². The molecule has 94 valence electrons. The molecule has 0 aliphatic heterocycles. The average Bonchev–Trinajstić information content (AvgIpc) is 2.24. The number of non-ortho nitro benzene ring substituents is 1. The Morgan fingerprint density at radius 2 is 2.06 bits per heavy atom. The van der Waals surface area contributed by atoms with Crippen molar-refractivity contribution in [2.45, 2.75) is 6.61 Å². The second kappa shape index (κ2) is 5.11. The van der Waals surface area contributed by atoms with Crippen LogP contribution in [0.1, 0.15) is 5.56 Å². The van der Waals surface area contributed by atoms with Crippen molar-refractivity contribution in [1.29, 1.82) is 0 Å². The minimum atomic E-state index is -3.56. The number of rotatable bonds is 5. The van der Waals surface area contributed by atoms with Gasteiger partial charge in [0.1, 0.15) is 5.75 Å². The molecule has 1 aromatic rings. The van der Waals surface area contributed by atoms with Gasteiger partial charge in [-0.2, -0.15) is 8.42 Å². The molecule has 0 amide bonds. The molecule has 0 bridgehead atoms. The molecule has 0 aliphatic rings. The zero-order chi connectivity index (χ0) is 13.1. The van der Waals surface area contributed by atoms with Crippen LogP contribution < -0.4 is 4.74 Å². The van der Waals surface area contributed by atoms with Gasteiger partial charge in [-0.15, -0.1) is 0 Å². The highest BCUT2D eigenvalue weighted by Gasteiger charge is 2.13. The molecule has 0 aliphatic carbocycles. The summed E-state index contributed by atoms with van der Waals surface area (Å²) in [6.45, 7) is -0.222. The molecule has 0 aromatic heterocycles. The predicted molar refractivity (Wildman–Crippen MR) is 59.3 cm³/mol. The van der Waals surface area contributed by atoms with Crippen molar-refractivity contribution in [3.63, 3.8) is 0 Å². The van der Waals surface area contributed by atoms with E-state index in [1.165, 1.54) is 25.3 Å². The normalized spacial score (nSPS) is 11.2. The van der Waals surface area contributed by atoms with Gasteiger partial charge in [0.15, 0.2) is 0 Å². The number of methoxy groups -OCH3 is 1. The van der Waals surface area contributed by atoms with Crippen LogP contribution in [0, 0.1) is 10.1 Å². The molecular weight excluding hydrogens is 250 g/mol. The van der Waals surface area contributed by atoms with Crippen molar-refractivity contribution in [3.8, 4) is 5.75 Å². The summed E-state index contributed by atoms with van der Waals surface area (Å²) in [6.07, 6.45) is 0.921. The van der Waals surface area contributed by atoms with Gasteiger partial charge >= 0.3 is 0 Å². The third-order valence-electron chi connectivity index (χ3n) is 1.91. The predicted octanol–water partition coefficient (Wildman–Crippen LogP) is 1.08. The summed E-state index contributed by atoms with van der Waals surface area (Å²) in [6, 6.07) is 3.85. The van der Waals surface area contributed by atoms with Crippen molar-refractivity contribution in [1.82, 2.24) is 0 Å². The molecule has 0 N–H and O–H groups in total. The van der Waals surface area contributed by atoms with Gasteiger partial charge in [0.2, 0.25) is 0 Å². The van der Waals surface area contributed by atoms with E-state index in [0.717, 1.165) is 6.26 Å². The lowest BCUT2D eigenvalue weighted by molar-refractivity contribution is -0.384. The van der Waals surface area contributed by atoms with Crippen molar-refractivity contribution in [3.05, 3.63) is 33.9 Å². The second-order valence-electron chi connectivity index (χ2n) is 3.22. The number of hydrogen-bond donors (Lipinski definition) is 0. The van der Waals surface area contributed by atoms with Crippen LogP contribution in [0.3, 0.4) is 0 Å². The Kier molecular flexibility index (Phi) is 4.02. The minimum Gasteiger partial charge on any atom is -0.496 e. The second-order valence-corrected chi connectivity index (χ2v) is 4.86. The molecule has 1 rings (SSSR count). The summed E-state index contributed by atoms with van der Waals surface area (Å²) in [7, 11) is -2.23. The molecule has 0 heterocycles. The molecule has 0 unspecified atom stereocenters. The van der Waals surface area contributed by atoms with Crippen LogP contribution in [0.25, 0.3) is 0 Å². The molecule has 1 aromatic carbocycles. The first-order valence-electron chi connectivity index (χ1n) is 4.49. The van der Waals surface area contributed by atoms with Crippen LogP contribution in [0.2, 0.25) is 0 Å². The lowest BCUT2D eigenvalue weighted by Gasteiger charge is -2.07. The number of nitrogens with zero attached hydrogens (tertiary/aromatic N) is 1. The number of nitro benzene ring substituents is 1. The van der Waals surface area contributed by atoms with E-state index >= 15 is 0 Å². The fourth-order valence-corrected chi connectivity index (χ4v) is 1.48. The molecule has 0 saturated carbocycles. The third kappa shape index (κ3) is 4.00. The number of ether oxygens (including phenoxy) is 1. The van der Waals surface area contributed by atoms with Crippen molar-refractivity contribution >= 4 is 15.8 Å². The lowest BCUT2D eigenvalue weighted by atomic mass is 10.2. The molecule has 8 heteroatoms. The summed E-state index contributed by atoms with van der Waals surface area (Å²) in [4.78, 5) is 9.95. The van der Waals surface area contributed by atoms with Crippen molar-refractivity contribution < 1.29 is 22.3 Å². The highest BCUT2D eigenvalue weighted by molar-refractivity contribution is 7.85. The average molecular weight is 261 g/mol.